The highest BCUT2D eigenvalue weighted by Gasteiger charge is 2.43. The lowest BCUT2D eigenvalue weighted by molar-refractivity contribution is 0.812. The van der Waals surface area contributed by atoms with Crippen LogP contribution in [0.3, 0.4) is 0 Å². The van der Waals surface area contributed by atoms with Gasteiger partial charge in [-0.05, 0) is 153 Å². The average Bonchev–Trinajstić information content (AvgIpc) is 0.846. The zero-order valence-electron chi connectivity index (χ0n) is 53.8. The fraction of sp³-hybridized carbons (Fsp3) is 0.214. The molecule has 0 radical (unpaired) electrons. The molecule has 0 amide bonds. The Balaban J connectivity index is 0.971. The molecular weight excluding hydrogens is 1070 g/mol. The minimum atomic E-state index is 0.0290. The number of hydrogen-bond donors (Lipinski definition) is 0. The third-order valence-electron chi connectivity index (χ3n) is 20.1. The molecule has 15 rings (SSSR count). The smallest absolute Gasteiger partial charge is 0.240 e. The minimum absolute atomic E-state index is 0.0290. The van der Waals surface area contributed by atoms with E-state index in [-0.39, 0.29) is 13.4 Å². The summed E-state index contributed by atoms with van der Waals surface area (Å²) in [6.07, 6.45) is 0. The van der Waals surface area contributed by atoms with Gasteiger partial charge in [-0.15, -0.1) is 0 Å². The lowest BCUT2D eigenvalue weighted by atomic mass is 9.20. The monoisotopic (exact) mass is 1150 g/mol. The second-order valence-corrected chi connectivity index (χ2v) is 27.5. The van der Waals surface area contributed by atoms with Crippen molar-refractivity contribution in [2.24, 2.45) is 0 Å². The summed E-state index contributed by atoms with van der Waals surface area (Å²) in [5.74, 6) is 2.22. The maximum atomic E-state index is 2.63. The summed E-state index contributed by atoms with van der Waals surface area (Å²) in [7, 11) is 0. The summed E-state index contributed by atoms with van der Waals surface area (Å²) in [6.45, 7) is 28.8. The SMILES string of the molecule is CC(C)c1cc(C(C)C)c(B2c3ccccc3B(c3c(C(C)C)cc(C(C)C)cc3C(C)C)c3cc(-c4cccc(-n5c6ccc(-n7c8ccccc8c8ccccc87)cc6c6cc(-n7c8ccccc8c8ccccc87)ccc65)c4)ccc32)c(C(C)C)c1. The van der Waals surface area contributed by atoms with Gasteiger partial charge in [0.2, 0.25) is 13.4 Å². The summed E-state index contributed by atoms with van der Waals surface area (Å²) in [4.78, 5) is 0. The van der Waals surface area contributed by atoms with E-state index in [0.29, 0.717) is 35.5 Å². The summed E-state index contributed by atoms with van der Waals surface area (Å²) < 4.78 is 7.44. The predicted molar refractivity (Wildman–Crippen MR) is 388 cm³/mol. The molecular formula is C84H79B2N3. The molecule has 0 atom stereocenters. The molecule has 11 aromatic carbocycles. The Hall–Kier alpha value is -9.05. The van der Waals surface area contributed by atoms with E-state index in [4.69, 9.17) is 0 Å². The number of aromatic nitrogens is 3. The average molecular weight is 1150 g/mol. The minimum Gasteiger partial charge on any atom is -0.309 e. The van der Waals surface area contributed by atoms with Crippen LogP contribution >= 0.6 is 0 Å². The van der Waals surface area contributed by atoms with Crippen molar-refractivity contribution in [2.75, 3.05) is 0 Å². The van der Waals surface area contributed by atoms with Crippen LogP contribution in [-0.2, 0) is 0 Å². The second-order valence-electron chi connectivity index (χ2n) is 27.5. The van der Waals surface area contributed by atoms with Crippen molar-refractivity contribution in [3.05, 3.63) is 258 Å². The van der Waals surface area contributed by atoms with E-state index in [0.717, 1.165) is 17.1 Å². The van der Waals surface area contributed by atoms with Crippen LogP contribution in [0.5, 0.6) is 0 Å². The normalized spacial score (nSPS) is 12.8. The number of benzene rings is 11. The van der Waals surface area contributed by atoms with Crippen LogP contribution in [-0.4, -0.2) is 27.1 Å². The van der Waals surface area contributed by atoms with Crippen LogP contribution in [0, 0.1) is 0 Å². The molecule has 3 nitrogen and oxygen atoms in total. The largest absolute Gasteiger partial charge is 0.309 e. The fourth-order valence-corrected chi connectivity index (χ4v) is 15.7. The fourth-order valence-electron chi connectivity index (χ4n) is 15.7. The second kappa shape index (κ2) is 21.9. The third-order valence-corrected chi connectivity index (χ3v) is 20.1. The van der Waals surface area contributed by atoms with Gasteiger partial charge in [0.15, 0.2) is 0 Å². The van der Waals surface area contributed by atoms with E-state index in [1.807, 2.05) is 0 Å². The molecule has 0 saturated heterocycles. The Labute approximate surface area is 526 Å². The highest BCUT2D eigenvalue weighted by molar-refractivity contribution is 7.11. The summed E-state index contributed by atoms with van der Waals surface area (Å²) in [6, 6.07) is 86.6. The molecule has 14 aromatic rings. The Morgan fingerprint density at radius 3 is 0.944 bits per heavy atom. The molecule has 436 valence electrons. The van der Waals surface area contributed by atoms with Crippen molar-refractivity contribution in [2.45, 2.75) is 119 Å². The van der Waals surface area contributed by atoms with Gasteiger partial charge in [0.25, 0.3) is 0 Å². The van der Waals surface area contributed by atoms with Crippen LogP contribution in [0.15, 0.2) is 224 Å². The Morgan fingerprint density at radius 1 is 0.236 bits per heavy atom. The molecule has 5 heteroatoms. The zero-order chi connectivity index (χ0) is 61.3. The van der Waals surface area contributed by atoms with Gasteiger partial charge in [-0.25, -0.2) is 0 Å². The van der Waals surface area contributed by atoms with Crippen LogP contribution in [0.1, 0.15) is 152 Å². The van der Waals surface area contributed by atoms with Crippen LogP contribution in [0.4, 0.5) is 0 Å². The number of fused-ring (bicyclic) bond motifs is 11. The van der Waals surface area contributed by atoms with Gasteiger partial charge in [0.1, 0.15) is 0 Å². The quantitative estimate of drug-likeness (QED) is 0.108. The van der Waals surface area contributed by atoms with Crippen molar-refractivity contribution < 1.29 is 0 Å². The number of rotatable bonds is 12. The molecule has 0 bridgehead atoms. The van der Waals surface area contributed by atoms with Gasteiger partial charge in [0, 0.05) is 49.4 Å². The van der Waals surface area contributed by atoms with Crippen molar-refractivity contribution in [3.8, 4) is 28.2 Å². The first-order valence-corrected chi connectivity index (χ1v) is 32.9. The third kappa shape index (κ3) is 9.08. The number of para-hydroxylation sites is 4. The van der Waals surface area contributed by atoms with Crippen molar-refractivity contribution in [1.82, 2.24) is 13.7 Å². The molecule has 0 saturated carbocycles. The van der Waals surface area contributed by atoms with Crippen molar-refractivity contribution in [1.29, 1.82) is 0 Å². The van der Waals surface area contributed by atoms with Gasteiger partial charge in [-0.1, -0.05) is 268 Å². The van der Waals surface area contributed by atoms with E-state index in [2.05, 4.69) is 321 Å². The molecule has 1 aliphatic heterocycles. The Morgan fingerprint density at radius 2 is 0.562 bits per heavy atom. The first kappa shape index (κ1) is 56.5. The summed E-state index contributed by atoms with van der Waals surface area (Å²) in [5.41, 5.74) is 30.5. The van der Waals surface area contributed by atoms with E-state index in [1.165, 1.54) is 143 Å². The highest BCUT2D eigenvalue weighted by Crippen LogP contribution is 2.41. The van der Waals surface area contributed by atoms with Gasteiger partial charge >= 0.3 is 0 Å². The van der Waals surface area contributed by atoms with Gasteiger partial charge < -0.3 is 13.7 Å². The summed E-state index contributed by atoms with van der Waals surface area (Å²) >= 11 is 0. The number of hydrogen-bond acceptors (Lipinski definition) is 0. The molecule has 4 heterocycles. The van der Waals surface area contributed by atoms with E-state index < -0.39 is 0 Å². The lowest BCUT2D eigenvalue weighted by Crippen LogP contribution is -2.76. The van der Waals surface area contributed by atoms with E-state index >= 15 is 0 Å². The lowest BCUT2D eigenvalue weighted by Gasteiger charge is -2.37. The van der Waals surface area contributed by atoms with Crippen LogP contribution < -0.4 is 32.8 Å². The Bertz CT molecular complexity index is 4800. The molecule has 0 unspecified atom stereocenters. The summed E-state index contributed by atoms with van der Waals surface area (Å²) in [5, 5.41) is 7.46. The molecule has 0 fully saturated rings. The first-order chi connectivity index (χ1) is 43.1. The zero-order valence-corrected chi connectivity index (χ0v) is 53.8. The first-order valence-electron chi connectivity index (χ1n) is 32.9. The topological polar surface area (TPSA) is 14.8 Å². The van der Waals surface area contributed by atoms with Crippen LogP contribution in [0.2, 0.25) is 0 Å². The van der Waals surface area contributed by atoms with Crippen molar-refractivity contribution >= 4 is 112 Å². The maximum Gasteiger partial charge on any atom is 0.240 e. The van der Waals surface area contributed by atoms with Crippen molar-refractivity contribution in [3.63, 3.8) is 0 Å². The van der Waals surface area contributed by atoms with Gasteiger partial charge in [-0.2, -0.15) is 0 Å². The predicted octanol–water partition coefficient (Wildman–Crippen LogP) is 18.7. The Kier molecular flexibility index (Phi) is 13.9. The number of nitrogens with zero attached hydrogens (tertiary/aromatic N) is 3. The molecule has 3 aromatic heterocycles. The molecule has 0 spiro atoms. The highest BCUT2D eigenvalue weighted by atomic mass is 15.0. The molecule has 1 aliphatic rings. The standard InChI is InChI=1S/C84H79B2N3/c1-50(2)58-43-67(52(5)6)83(68(44-58)53(7)8)85-73-30-17-18-31-74(73)86(84-69(54(9)10)45-59(51(3)4)46-70(84)55(11)12)76-47-57(36-39-75(76)85)56-24-23-25-60(42-56)87-81-40-37-61(88-77-32-19-13-26-63(77)64-27-14-20-33-78(64)88)48-71(81)72-49-62(38-41-82(72)87)89-79-34-21-15-28-65(79)66-29-16-22-35-80(66)89/h13-55H,1-12H3. The van der Waals surface area contributed by atoms with E-state index in [9.17, 15) is 0 Å². The van der Waals surface area contributed by atoms with Gasteiger partial charge in [-0.3, -0.25) is 0 Å². The maximum absolute atomic E-state index is 2.63. The molecule has 89 heavy (non-hydrogen) atoms. The molecule has 0 aliphatic carbocycles. The van der Waals surface area contributed by atoms with Crippen LogP contribution in [0.25, 0.3) is 93.6 Å². The molecule has 0 N–H and O–H groups in total. The van der Waals surface area contributed by atoms with E-state index in [1.54, 1.807) is 0 Å². The van der Waals surface area contributed by atoms with Gasteiger partial charge in [0.05, 0.1) is 33.1 Å².